The van der Waals surface area contributed by atoms with Gasteiger partial charge >= 0.3 is 21.1 Å². The molecule has 0 saturated carbocycles. The molecular formula is C17H12N6Pt. The average Bonchev–Trinajstić information content (AvgIpc) is 3.23. The minimum Gasteiger partial charge on any atom is -0.432 e. The molecule has 0 N–H and O–H groups in total. The summed E-state index contributed by atoms with van der Waals surface area (Å²) in [6, 6.07) is 14.8. The number of pyridine rings is 3. The maximum Gasteiger partial charge on any atom is 2.00 e. The van der Waals surface area contributed by atoms with Crippen molar-refractivity contribution in [3.8, 4) is 22.5 Å². The molecule has 4 aromatic rings. The zero-order valence-corrected chi connectivity index (χ0v) is 14.7. The summed E-state index contributed by atoms with van der Waals surface area (Å²) < 4.78 is 0. The summed E-state index contributed by atoms with van der Waals surface area (Å²) in [5, 5.41) is 6.72. The van der Waals surface area contributed by atoms with Crippen molar-refractivity contribution in [2.24, 2.45) is 0 Å². The molecule has 4 aromatic heterocycles. The SMILES string of the molecule is [Pt+2].[c-]1c(-c2ccccn2)cncc1-c1ccccn1.c1nc[n-]n1. The van der Waals surface area contributed by atoms with Gasteiger partial charge < -0.3 is 15.1 Å². The number of rotatable bonds is 2. The predicted octanol–water partition coefficient (Wildman–Crippen LogP) is 2.44. The Bertz CT molecular complexity index is 750. The van der Waals surface area contributed by atoms with Crippen LogP contribution in [0.3, 0.4) is 0 Å². The Morgan fingerprint density at radius 1 is 0.792 bits per heavy atom. The third kappa shape index (κ3) is 4.89. The van der Waals surface area contributed by atoms with Crippen LogP contribution in [0, 0.1) is 6.07 Å². The maximum atomic E-state index is 4.29. The van der Waals surface area contributed by atoms with Crippen molar-refractivity contribution in [3.05, 3.63) is 79.9 Å². The molecule has 0 aliphatic carbocycles. The normalized spacial score (nSPS) is 9.33. The largest absolute Gasteiger partial charge is 2.00 e. The maximum absolute atomic E-state index is 4.29. The topological polar surface area (TPSA) is 78.5 Å². The summed E-state index contributed by atoms with van der Waals surface area (Å²) in [4.78, 5) is 16.3. The van der Waals surface area contributed by atoms with Gasteiger partial charge in [0.2, 0.25) is 0 Å². The van der Waals surface area contributed by atoms with Gasteiger partial charge in [0.05, 0.1) is 0 Å². The molecule has 0 bridgehead atoms. The van der Waals surface area contributed by atoms with E-state index in [0.717, 1.165) is 22.5 Å². The number of aromatic nitrogens is 6. The fraction of sp³-hybridized carbons (Fsp3) is 0. The molecule has 0 aromatic carbocycles. The fourth-order valence-electron chi connectivity index (χ4n) is 1.85. The molecule has 0 radical (unpaired) electrons. The van der Waals surface area contributed by atoms with Gasteiger partial charge in [-0.25, -0.2) is 0 Å². The van der Waals surface area contributed by atoms with Gasteiger partial charge in [-0.1, -0.05) is 41.7 Å². The van der Waals surface area contributed by atoms with E-state index in [1.165, 1.54) is 12.7 Å². The second kappa shape index (κ2) is 9.42. The van der Waals surface area contributed by atoms with Gasteiger partial charge in [-0.05, 0) is 24.5 Å². The Labute approximate surface area is 153 Å². The molecule has 0 unspecified atom stereocenters. The summed E-state index contributed by atoms with van der Waals surface area (Å²) >= 11 is 0. The Kier molecular flexibility index (Phi) is 6.92. The standard InChI is InChI=1S/C15H10N3.C2H2N3.Pt/c1-3-7-17-14(5-1)12-9-13(11-16-10-12)15-6-2-4-8-18-15;1-3-2-5-4-1;/h1-8,10-11H;1-2H;/q2*-1;+2. The van der Waals surface area contributed by atoms with Crippen molar-refractivity contribution in [2.45, 2.75) is 0 Å². The van der Waals surface area contributed by atoms with Crippen LogP contribution < -0.4 is 5.10 Å². The molecule has 0 spiro atoms. The van der Waals surface area contributed by atoms with E-state index >= 15 is 0 Å². The summed E-state index contributed by atoms with van der Waals surface area (Å²) in [5.74, 6) is 0. The van der Waals surface area contributed by atoms with Gasteiger partial charge in [0, 0.05) is 30.1 Å². The second-order valence-corrected chi connectivity index (χ2v) is 4.40. The molecule has 4 heterocycles. The quantitative estimate of drug-likeness (QED) is 0.398. The zero-order valence-electron chi connectivity index (χ0n) is 12.4. The van der Waals surface area contributed by atoms with E-state index in [4.69, 9.17) is 0 Å². The molecule has 6 nitrogen and oxygen atoms in total. The molecule has 0 fully saturated rings. The van der Waals surface area contributed by atoms with Crippen molar-refractivity contribution < 1.29 is 21.1 Å². The summed E-state index contributed by atoms with van der Waals surface area (Å²) in [6.07, 6.45) is 9.82. The summed E-state index contributed by atoms with van der Waals surface area (Å²) in [7, 11) is 0. The Hall–Kier alpha value is -2.72. The van der Waals surface area contributed by atoms with Gasteiger partial charge in [0.1, 0.15) is 0 Å². The van der Waals surface area contributed by atoms with Crippen LogP contribution in [-0.4, -0.2) is 25.0 Å². The number of nitrogens with zero attached hydrogens (tertiary/aromatic N) is 6. The third-order valence-electron chi connectivity index (χ3n) is 2.86. The van der Waals surface area contributed by atoms with E-state index in [9.17, 15) is 0 Å². The van der Waals surface area contributed by atoms with E-state index < -0.39 is 0 Å². The molecule has 0 atom stereocenters. The van der Waals surface area contributed by atoms with Crippen molar-refractivity contribution >= 4 is 0 Å². The van der Waals surface area contributed by atoms with E-state index in [0.29, 0.717) is 0 Å². The van der Waals surface area contributed by atoms with Crippen LogP contribution in [0.25, 0.3) is 22.5 Å². The van der Waals surface area contributed by atoms with Crippen molar-refractivity contribution in [1.82, 2.24) is 30.1 Å². The van der Waals surface area contributed by atoms with Crippen molar-refractivity contribution in [3.63, 3.8) is 0 Å². The molecule has 0 aliphatic heterocycles. The van der Waals surface area contributed by atoms with E-state index in [-0.39, 0.29) is 21.1 Å². The van der Waals surface area contributed by atoms with Crippen LogP contribution >= 0.6 is 0 Å². The van der Waals surface area contributed by atoms with Crippen LogP contribution in [-0.2, 0) is 21.1 Å². The zero-order chi connectivity index (χ0) is 15.7. The first kappa shape index (κ1) is 17.6. The molecule has 24 heavy (non-hydrogen) atoms. The smallest absolute Gasteiger partial charge is 0.432 e. The Balaban J connectivity index is 0.000000300. The van der Waals surface area contributed by atoms with Crippen LogP contribution in [0.15, 0.2) is 73.8 Å². The Morgan fingerprint density at radius 3 is 1.79 bits per heavy atom. The van der Waals surface area contributed by atoms with Gasteiger partial charge in [0.15, 0.2) is 0 Å². The van der Waals surface area contributed by atoms with Gasteiger partial charge in [-0.15, -0.1) is 6.07 Å². The molecule has 7 heteroatoms. The van der Waals surface area contributed by atoms with Gasteiger partial charge in [0.25, 0.3) is 0 Å². The van der Waals surface area contributed by atoms with Gasteiger partial charge in [-0.3, -0.25) is 15.1 Å². The average molecular weight is 495 g/mol. The Morgan fingerprint density at radius 2 is 1.42 bits per heavy atom. The van der Waals surface area contributed by atoms with Crippen LogP contribution in [0.1, 0.15) is 0 Å². The molecule has 120 valence electrons. The van der Waals surface area contributed by atoms with E-state index in [2.05, 4.69) is 36.2 Å². The van der Waals surface area contributed by atoms with E-state index in [1.54, 1.807) is 24.8 Å². The monoisotopic (exact) mass is 495 g/mol. The minimum atomic E-state index is 0. The summed E-state index contributed by atoms with van der Waals surface area (Å²) in [5.41, 5.74) is 3.48. The fourth-order valence-corrected chi connectivity index (χ4v) is 1.85. The summed E-state index contributed by atoms with van der Waals surface area (Å²) in [6.45, 7) is 0. The van der Waals surface area contributed by atoms with Crippen LogP contribution in [0.2, 0.25) is 0 Å². The van der Waals surface area contributed by atoms with E-state index in [1.807, 2.05) is 36.4 Å². The molecule has 0 amide bonds. The van der Waals surface area contributed by atoms with Crippen LogP contribution in [0.4, 0.5) is 0 Å². The number of hydrogen-bond donors (Lipinski definition) is 0. The number of hydrogen-bond acceptors (Lipinski definition) is 5. The third-order valence-corrected chi connectivity index (χ3v) is 2.86. The van der Waals surface area contributed by atoms with Gasteiger partial charge in [-0.2, -0.15) is 0 Å². The molecule has 0 aliphatic rings. The first-order chi connectivity index (χ1) is 11.4. The second-order valence-electron chi connectivity index (χ2n) is 4.40. The molecule has 4 rings (SSSR count). The molecule has 0 saturated heterocycles. The van der Waals surface area contributed by atoms with Crippen LogP contribution in [0.5, 0.6) is 0 Å². The first-order valence-electron chi connectivity index (χ1n) is 6.87. The van der Waals surface area contributed by atoms with Crippen molar-refractivity contribution in [1.29, 1.82) is 0 Å². The first-order valence-corrected chi connectivity index (χ1v) is 6.87. The minimum absolute atomic E-state index is 0. The molecular weight excluding hydrogens is 483 g/mol. The van der Waals surface area contributed by atoms with Crippen molar-refractivity contribution in [2.75, 3.05) is 0 Å². The predicted molar refractivity (Wildman–Crippen MR) is 84.9 cm³/mol.